The highest BCUT2D eigenvalue weighted by molar-refractivity contribution is 7.90. The fourth-order valence-electron chi connectivity index (χ4n) is 4.33. The zero-order valence-electron chi connectivity index (χ0n) is 17.4. The molecule has 164 valence electrons. The van der Waals surface area contributed by atoms with Gasteiger partial charge in [-0.3, -0.25) is 4.79 Å². The summed E-state index contributed by atoms with van der Waals surface area (Å²) in [5.74, 6) is -0.0113. The number of fused-ring (bicyclic) bond motifs is 2. The molecule has 1 aliphatic carbocycles. The fraction of sp³-hybridized carbons (Fsp3) is 0.261. The third-order valence-electron chi connectivity index (χ3n) is 6.08. The predicted octanol–water partition coefficient (Wildman–Crippen LogP) is 3.68. The van der Waals surface area contributed by atoms with Crippen molar-refractivity contribution in [3.8, 4) is 5.75 Å². The summed E-state index contributed by atoms with van der Waals surface area (Å²) in [6.07, 6.45) is 3.69. The van der Waals surface area contributed by atoms with E-state index in [1.807, 2.05) is 0 Å². The normalized spacial score (nSPS) is 20.7. The summed E-state index contributed by atoms with van der Waals surface area (Å²) in [6, 6.07) is 13.2. The van der Waals surface area contributed by atoms with Crippen molar-refractivity contribution in [3.63, 3.8) is 0 Å². The topological polar surface area (TPSA) is 113 Å². The Morgan fingerprint density at radius 3 is 2.72 bits per heavy atom. The number of hydrogen-bond donors (Lipinski definition) is 2. The van der Waals surface area contributed by atoms with E-state index in [-0.39, 0.29) is 22.0 Å². The lowest BCUT2D eigenvalue weighted by molar-refractivity contribution is 0.478. The van der Waals surface area contributed by atoms with Gasteiger partial charge >= 0.3 is 0 Å². The van der Waals surface area contributed by atoms with E-state index in [1.54, 1.807) is 42.5 Å². The van der Waals surface area contributed by atoms with Crippen molar-refractivity contribution in [2.24, 2.45) is 15.4 Å². The molecule has 1 aliphatic heterocycles. The minimum absolute atomic E-state index is 0.0150. The number of aromatic nitrogens is 1. The Kier molecular flexibility index (Phi) is 4.85. The van der Waals surface area contributed by atoms with Gasteiger partial charge in [0.15, 0.2) is 5.84 Å². The van der Waals surface area contributed by atoms with Crippen LogP contribution in [0.3, 0.4) is 0 Å². The first-order chi connectivity index (χ1) is 15.4. The van der Waals surface area contributed by atoms with Gasteiger partial charge in [-0.25, -0.2) is 0 Å². The minimum Gasteiger partial charge on any atom is -0.506 e. The van der Waals surface area contributed by atoms with Crippen LogP contribution in [0.5, 0.6) is 5.75 Å². The highest BCUT2D eigenvalue weighted by Gasteiger charge is 2.30. The zero-order valence-corrected chi connectivity index (χ0v) is 18.3. The highest BCUT2D eigenvalue weighted by Crippen LogP contribution is 2.32. The van der Waals surface area contributed by atoms with Crippen LogP contribution >= 0.6 is 0 Å². The van der Waals surface area contributed by atoms with E-state index in [4.69, 9.17) is 0 Å². The number of para-hydroxylation sites is 2. The lowest BCUT2D eigenvalue weighted by atomic mass is 10.1. The molecule has 1 aromatic heterocycles. The summed E-state index contributed by atoms with van der Waals surface area (Å²) in [5, 5.41) is 18.9. The summed E-state index contributed by atoms with van der Waals surface area (Å²) < 4.78 is 30.5. The van der Waals surface area contributed by atoms with Crippen LogP contribution in [0.1, 0.15) is 38.2 Å². The molecule has 0 amide bonds. The fourth-order valence-corrected chi connectivity index (χ4v) is 5.46. The Balaban J connectivity index is 1.75. The SMILES string of the molecule is CCC1CC/C(=N\n2c(=O)c(C3=NS(=O)(=O)c4ccccc4N3)c(O)c3ccccc32)C1. The Morgan fingerprint density at radius 1 is 1.19 bits per heavy atom. The maximum Gasteiger partial charge on any atom is 0.286 e. The van der Waals surface area contributed by atoms with Gasteiger partial charge in [-0.05, 0) is 49.4 Å². The number of hydrogen-bond acceptors (Lipinski definition) is 6. The largest absolute Gasteiger partial charge is 0.506 e. The van der Waals surface area contributed by atoms with Crippen molar-refractivity contribution in [1.82, 2.24) is 4.68 Å². The van der Waals surface area contributed by atoms with E-state index in [9.17, 15) is 18.3 Å². The minimum atomic E-state index is -4.04. The molecule has 9 heteroatoms. The van der Waals surface area contributed by atoms with Gasteiger partial charge in [0.25, 0.3) is 15.6 Å². The van der Waals surface area contributed by atoms with Gasteiger partial charge in [-0.2, -0.15) is 18.2 Å². The van der Waals surface area contributed by atoms with Crippen molar-refractivity contribution in [2.45, 2.75) is 37.5 Å². The van der Waals surface area contributed by atoms with Crippen molar-refractivity contribution < 1.29 is 13.5 Å². The van der Waals surface area contributed by atoms with Gasteiger partial charge in [-0.1, -0.05) is 37.6 Å². The van der Waals surface area contributed by atoms with E-state index in [0.717, 1.165) is 31.4 Å². The lowest BCUT2D eigenvalue weighted by Gasteiger charge is -2.19. The zero-order chi connectivity index (χ0) is 22.5. The molecule has 2 aromatic carbocycles. The first kappa shape index (κ1) is 20.4. The van der Waals surface area contributed by atoms with Crippen molar-refractivity contribution >= 4 is 38.2 Å². The maximum atomic E-state index is 13.5. The number of benzene rings is 2. The molecule has 1 atom stereocenters. The molecule has 3 aromatic rings. The van der Waals surface area contributed by atoms with Gasteiger partial charge in [0.2, 0.25) is 0 Å². The van der Waals surface area contributed by atoms with Crippen LogP contribution in [0, 0.1) is 5.92 Å². The Hall–Kier alpha value is -3.46. The first-order valence-electron chi connectivity index (χ1n) is 10.5. The van der Waals surface area contributed by atoms with E-state index in [1.165, 1.54) is 10.7 Å². The number of nitrogens with one attached hydrogen (secondary N) is 1. The molecule has 1 unspecified atom stereocenters. The molecule has 8 nitrogen and oxygen atoms in total. The monoisotopic (exact) mass is 450 g/mol. The molecule has 5 rings (SSSR count). The second kappa shape index (κ2) is 7.59. The molecule has 32 heavy (non-hydrogen) atoms. The standard InChI is InChI=1S/C23H22N4O4S/c1-2-14-11-12-15(13-14)25-27-18-9-5-3-7-16(18)21(28)20(23(27)29)22-24-17-8-4-6-10-19(17)32(30,31)26-22/h3-10,14,28H,2,11-13H2,1H3,(H,24,26)/b25-15+. The van der Waals surface area contributed by atoms with E-state index in [2.05, 4.69) is 21.7 Å². The van der Waals surface area contributed by atoms with Crippen molar-refractivity contribution in [1.29, 1.82) is 0 Å². The Morgan fingerprint density at radius 2 is 1.94 bits per heavy atom. The number of pyridine rings is 1. The summed E-state index contributed by atoms with van der Waals surface area (Å²) in [4.78, 5) is 13.6. The van der Waals surface area contributed by atoms with Crippen LogP contribution in [0.25, 0.3) is 10.9 Å². The second-order valence-corrected chi connectivity index (χ2v) is 9.65. The molecule has 2 heterocycles. The van der Waals surface area contributed by atoms with Crippen LogP contribution in [0.2, 0.25) is 0 Å². The Labute approximate surface area is 185 Å². The first-order valence-corrected chi connectivity index (χ1v) is 12.0. The van der Waals surface area contributed by atoms with Crippen LogP contribution in [0.15, 0.2) is 67.7 Å². The molecule has 0 radical (unpaired) electrons. The summed E-state index contributed by atoms with van der Waals surface area (Å²) in [7, 11) is -4.04. The average molecular weight is 451 g/mol. The second-order valence-electron chi connectivity index (χ2n) is 8.08. The number of aromatic hydroxyl groups is 1. The van der Waals surface area contributed by atoms with Crippen LogP contribution in [-0.4, -0.2) is 29.7 Å². The number of rotatable bonds is 3. The average Bonchev–Trinajstić information content (AvgIpc) is 3.24. The third kappa shape index (κ3) is 3.29. The summed E-state index contributed by atoms with van der Waals surface area (Å²) in [5.41, 5.74) is 0.803. The molecular formula is C23H22N4O4S. The highest BCUT2D eigenvalue weighted by atomic mass is 32.2. The number of nitrogens with zero attached hydrogens (tertiary/aromatic N) is 3. The van der Waals surface area contributed by atoms with Gasteiger partial charge in [0.1, 0.15) is 16.2 Å². The van der Waals surface area contributed by atoms with Gasteiger partial charge in [-0.15, -0.1) is 4.40 Å². The van der Waals surface area contributed by atoms with E-state index >= 15 is 0 Å². The molecule has 0 bridgehead atoms. The van der Waals surface area contributed by atoms with Crippen LogP contribution in [0.4, 0.5) is 5.69 Å². The number of sulfonamides is 1. The predicted molar refractivity (Wildman–Crippen MR) is 124 cm³/mol. The van der Waals surface area contributed by atoms with Gasteiger partial charge in [0.05, 0.1) is 11.2 Å². The molecule has 0 spiro atoms. The van der Waals surface area contributed by atoms with Gasteiger partial charge in [0, 0.05) is 11.1 Å². The van der Waals surface area contributed by atoms with Crippen LogP contribution < -0.4 is 10.9 Å². The van der Waals surface area contributed by atoms with Crippen molar-refractivity contribution in [2.75, 3.05) is 5.32 Å². The smallest absolute Gasteiger partial charge is 0.286 e. The molecular weight excluding hydrogens is 428 g/mol. The summed E-state index contributed by atoms with van der Waals surface area (Å²) >= 11 is 0. The Bertz CT molecular complexity index is 1470. The molecule has 0 saturated heterocycles. The van der Waals surface area contributed by atoms with Gasteiger partial charge < -0.3 is 10.4 Å². The maximum absolute atomic E-state index is 13.5. The third-order valence-corrected chi connectivity index (χ3v) is 7.42. The number of amidine groups is 1. The summed E-state index contributed by atoms with van der Waals surface area (Å²) in [6.45, 7) is 2.14. The molecule has 1 fully saturated rings. The van der Waals surface area contributed by atoms with Crippen LogP contribution in [-0.2, 0) is 10.0 Å². The lowest BCUT2D eigenvalue weighted by Crippen LogP contribution is -2.31. The number of anilines is 1. The van der Waals surface area contributed by atoms with E-state index < -0.39 is 15.6 Å². The quantitative estimate of drug-likeness (QED) is 0.632. The molecule has 2 aliphatic rings. The molecule has 1 saturated carbocycles. The van der Waals surface area contributed by atoms with E-state index in [0.29, 0.717) is 22.5 Å². The molecule has 2 N–H and O–H groups in total. The van der Waals surface area contributed by atoms with Crippen molar-refractivity contribution in [3.05, 3.63) is 64.4 Å².